The molecule has 0 amide bonds. The Bertz CT molecular complexity index is 479. The van der Waals surface area contributed by atoms with Crippen molar-refractivity contribution in [2.24, 2.45) is 0 Å². The first-order chi connectivity index (χ1) is 6.20. The van der Waals surface area contributed by atoms with Crippen molar-refractivity contribution >= 4 is 11.6 Å². The molecular formula is C9H7LiN2O2. The third-order valence-electron chi connectivity index (χ3n) is 1.93. The van der Waals surface area contributed by atoms with Crippen molar-refractivity contribution < 1.29 is 28.8 Å². The first-order valence-corrected chi connectivity index (χ1v) is 3.84. The number of aromatic carboxylic acids is 1. The van der Waals surface area contributed by atoms with Crippen LogP contribution in [0.25, 0.3) is 5.65 Å². The Hall–Kier alpha value is -1.24. The molecule has 2 heterocycles. The molecule has 0 N–H and O–H groups in total. The van der Waals surface area contributed by atoms with Gasteiger partial charge in [-0.2, -0.15) is 0 Å². The predicted molar refractivity (Wildman–Crippen MR) is 44.3 cm³/mol. The smallest absolute Gasteiger partial charge is 0.543 e. The number of aryl methyl sites for hydroxylation is 1. The van der Waals surface area contributed by atoms with Gasteiger partial charge < -0.3 is 9.90 Å². The monoisotopic (exact) mass is 182 g/mol. The molecule has 2 rings (SSSR count). The molecule has 0 fully saturated rings. The van der Waals surface area contributed by atoms with Gasteiger partial charge in [-0.05, 0) is 19.1 Å². The summed E-state index contributed by atoms with van der Waals surface area (Å²) in [6.45, 7) is 1.82. The fourth-order valence-corrected chi connectivity index (χ4v) is 1.35. The van der Waals surface area contributed by atoms with Crippen LogP contribution >= 0.6 is 0 Å². The third kappa shape index (κ3) is 1.54. The number of fused-ring (bicyclic) bond motifs is 1. The van der Waals surface area contributed by atoms with Crippen LogP contribution in [0.2, 0.25) is 0 Å². The maximum absolute atomic E-state index is 10.7. The summed E-state index contributed by atoms with van der Waals surface area (Å²) in [5.41, 5.74) is 1.54. The average Bonchev–Trinajstić information content (AvgIpc) is 2.49. The topological polar surface area (TPSA) is 57.4 Å². The maximum Gasteiger partial charge on any atom is 1.00 e. The number of rotatable bonds is 1. The van der Waals surface area contributed by atoms with Crippen LogP contribution in [0.5, 0.6) is 0 Å². The fraction of sp³-hybridized carbons (Fsp3) is 0.111. The van der Waals surface area contributed by atoms with Gasteiger partial charge in [0.1, 0.15) is 5.65 Å². The van der Waals surface area contributed by atoms with Crippen molar-refractivity contribution in [1.29, 1.82) is 0 Å². The van der Waals surface area contributed by atoms with Crippen molar-refractivity contribution in [1.82, 2.24) is 9.38 Å². The Morgan fingerprint density at radius 3 is 2.86 bits per heavy atom. The summed E-state index contributed by atoms with van der Waals surface area (Å²) in [6.07, 6.45) is 1.30. The predicted octanol–water partition coefficient (Wildman–Crippen LogP) is -2.99. The fourth-order valence-electron chi connectivity index (χ4n) is 1.35. The molecule has 2 aromatic rings. The molecule has 0 atom stereocenters. The summed E-state index contributed by atoms with van der Waals surface area (Å²) < 4.78 is 1.55. The Labute approximate surface area is 92.8 Å². The molecule has 0 saturated heterocycles. The quantitative estimate of drug-likeness (QED) is 0.442. The van der Waals surface area contributed by atoms with Crippen LogP contribution in [-0.4, -0.2) is 15.4 Å². The van der Waals surface area contributed by atoms with E-state index in [2.05, 4.69) is 4.98 Å². The summed E-state index contributed by atoms with van der Waals surface area (Å²) in [4.78, 5) is 14.6. The molecule has 14 heavy (non-hydrogen) atoms. The number of carbonyl (C=O) groups is 1. The van der Waals surface area contributed by atoms with Crippen LogP contribution in [0.1, 0.15) is 16.2 Å². The van der Waals surface area contributed by atoms with E-state index in [1.807, 2.05) is 19.1 Å². The number of carbonyl (C=O) groups excluding carboxylic acids is 1. The zero-order chi connectivity index (χ0) is 9.42. The molecule has 66 valence electrons. The van der Waals surface area contributed by atoms with E-state index in [4.69, 9.17) is 0 Å². The summed E-state index contributed by atoms with van der Waals surface area (Å²) in [7, 11) is 0. The summed E-state index contributed by atoms with van der Waals surface area (Å²) >= 11 is 0. The van der Waals surface area contributed by atoms with Gasteiger partial charge in [-0.15, -0.1) is 0 Å². The van der Waals surface area contributed by atoms with Crippen LogP contribution in [-0.2, 0) is 0 Å². The van der Waals surface area contributed by atoms with E-state index in [-0.39, 0.29) is 24.6 Å². The number of pyridine rings is 1. The van der Waals surface area contributed by atoms with Gasteiger partial charge in [-0.1, -0.05) is 6.07 Å². The van der Waals surface area contributed by atoms with E-state index in [1.54, 1.807) is 10.5 Å². The number of carboxylic acids is 1. The molecule has 0 radical (unpaired) electrons. The number of aromatic nitrogens is 2. The van der Waals surface area contributed by atoms with Crippen molar-refractivity contribution in [3.8, 4) is 0 Å². The van der Waals surface area contributed by atoms with Crippen LogP contribution < -0.4 is 24.0 Å². The second kappa shape index (κ2) is 3.87. The number of carboxylic acid groups (broad SMARTS) is 1. The Kier molecular flexibility index (Phi) is 2.99. The van der Waals surface area contributed by atoms with Gasteiger partial charge in [-0.3, -0.25) is 4.40 Å². The Morgan fingerprint density at radius 2 is 2.21 bits per heavy atom. The molecule has 0 aliphatic carbocycles. The van der Waals surface area contributed by atoms with E-state index >= 15 is 0 Å². The zero-order valence-electron chi connectivity index (χ0n) is 8.02. The maximum atomic E-state index is 10.7. The molecular weight excluding hydrogens is 175 g/mol. The van der Waals surface area contributed by atoms with Crippen LogP contribution in [0, 0.1) is 6.92 Å². The van der Waals surface area contributed by atoms with E-state index in [1.165, 1.54) is 6.20 Å². The van der Waals surface area contributed by atoms with Gasteiger partial charge in [0, 0.05) is 5.69 Å². The van der Waals surface area contributed by atoms with E-state index < -0.39 is 5.97 Å². The number of hydrogen-bond donors (Lipinski definition) is 0. The van der Waals surface area contributed by atoms with Gasteiger partial charge in [0.15, 0.2) is 0 Å². The normalized spacial score (nSPS) is 9.79. The second-order valence-corrected chi connectivity index (χ2v) is 2.79. The largest absolute Gasteiger partial charge is 1.00 e. The minimum atomic E-state index is -1.21. The third-order valence-corrected chi connectivity index (χ3v) is 1.93. The summed E-state index contributed by atoms with van der Waals surface area (Å²) in [6, 6.07) is 5.40. The van der Waals surface area contributed by atoms with Crippen molar-refractivity contribution in [2.75, 3.05) is 0 Å². The molecule has 0 unspecified atom stereocenters. The zero-order valence-corrected chi connectivity index (χ0v) is 8.02. The van der Waals surface area contributed by atoms with Crippen LogP contribution in [0.15, 0.2) is 24.4 Å². The van der Waals surface area contributed by atoms with Crippen molar-refractivity contribution in [3.05, 3.63) is 35.8 Å². The molecule has 0 saturated carbocycles. The SMILES string of the molecule is Cc1cccc2ncc(C(=O)[O-])n12.[Li+]. The van der Waals surface area contributed by atoms with Gasteiger partial charge in [0.2, 0.25) is 0 Å². The molecule has 2 aromatic heterocycles. The number of nitrogens with zero attached hydrogens (tertiary/aromatic N) is 2. The van der Waals surface area contributed by atoms with Gasteiger partial charge >= 0.3 is 18.9 Å². The minimum absolute atomic E-state index is 0. The van der Waals surface area contributed by atoms with Crippen molar-refractivity contribution in [3.63, 3.8) is 0 Å². The first kappa shape index (κ1) is 10.8. The molecule has 0 spiro atoms. The standard InChI is InChI=1S/C9H8N2O2.Li/c1-6-3-2-4-8-10-5-7(9(12)13)11(6)8;/h2-5H,1H3,(H,12,13);/q;+1/p-1. The van der Waals surface area contributed by atoms with Gasteiger partial charge in [0.25, 0.3) is 0 Å². The van der Waals surface area contributed by atoms with Gasteiger partial charge in [0.05, 0.1) is 17.9 Å². The Balaban J connectivity index is 0.000000980. The van der Waals surface area contributed by atoms with Gasteiger partial charge in [-0.25, -0.2) is 4.98 Å². The van der Waals surface area contributed by atoms with Crippen LogP contribution in [0.4, 0.5) is 0 Å². The molecule has 0 aliphatic heterocycles. The summed E-state index contributed by atoms with van der Waals surface area (Å²) in [5, 5.41) is 10.7. The number of hydrogen-bond acceptors (Lipinski definition) is 3. The average molecular weight is 182 g/mol. The number of imidazole rings is 1. The molecule has 4 nitrogen and oxygen atoms in total. The Morgan fingerprint density at radius 1 is 1.50 bits per heavy atom. The van der Waals surface area contributed by atoms with E-state index in [0.29, 0.717) is 5.65 Å². The van der Waals surface area contributed by atoms with Crippen LogP contribution in [0.3, 0.4) is 0 Å². The minimum Gasteiger partial charge on any atom is -0.543 e. The summed E-state index contributed by atoms with van der Waals surface area (Å²) in [5.74, 6) is -1.21. The van der Waals surface area contributed by atoms with Crippen molar-refractivity contribution in [2.45, 2.75) is 6.92 Å². The molecule has 0 aromatic carbocycles. The molecule has 0 aliphatic rings. The van der Waals surface area contributed by atoms with E-state index in [0.717, 1.165) is 5.69 Å². The first-order valence-electron chi connectivity index (χ1n) is 3.84. The second-order valence-electron chi connectivity index (χ2n) is 2.79. The van der Waals surface area contributed by atoms with E-state index in [9.17, 15) is 9.90 Å². The molecule has 5 heteroatoms. The molecule has 0 bridgehead atoms.